The van der Waals surface area contributed by atoms with Crippen LogP contribution in [0.2, 0.25) is 0 Å². The van der Waals surface area contributed by atoms with Crippen LogP contribution in [0.4, 0.5) is 10.2 Å². The van der Waals surface area contributed by atoms with Gasteiger partial charge in [0.25, 0.3) is 0 Å². The van der Waals surface area contributed by atoms with E-state index in [2.05, 4.69) is 4.98 Å². The summed E-state index contributed by atoms with van der Waals surface area (Å²) < 4.78 is 26.1. The summed E-state index contributed by atoms with van der Waals surface area (Å²) in [4.78, 5) is 18.3. The lowest BCUT2D eigenvalue weighted by Crippen LogP contribution is -2.26. The molecule has 0 N–H and O–H groups in total. The molecule has 2 heterocycles. The zero-order valence-electron chi connectivity index (χ0n) is 18.2. The van der Waals surface area contributed by atoms with Gasteiger partial charge in [0.05, 0.1) is 18.8 Å². The molecule has 0 saturated carbocycles. The van der Waals surface area contributed by atoms with Crippen LogP contribution in [0.5, 0.6) is 11.5 Å². The Hall–Kier alpha value is -2.63. The summed E-state index contributed by atoms with van der Waals surface area (Å²) in [6.07, 6.45) is 3.76. The third kappa shape index (κ3) is 5.49. The number of carbonyl (C=O) groups is 1. The van der Waals surface area contributed by atoms with Crippen molar-refractivity contribution in [2.45, 2.75) is 65.1 Å². The van der Waals surface area contributed by atoms with Gasteiger partial charge in [0.1, 0.15) is 23.4 Å². The molecule has 2 atom stereocenters. The highest BCUT2D eigenvalue weighted by Gasteiger charge is 2.27. The first-order valence-corrected chi connectivity index (χ1v) is 10.7. The average Bonchev–Trinajstić information content (AvgIpc) is 3.16. The number of halogens is 1. The van der Waals surface area contributed by atoms with Gasteiger partial charge in [-0.25, -0.2) is 9.37 Å². The molecule has 0 amide bonds. The smallest absolute Gasteiger partial charge is 0.169 e. The number of hydrogen-bond donors (Lipinski definition) is 0. The summed E-state index contributed by atoms with van der Waals surface area (Å²) in [5.41, 5.74) is 1.00. The van der Waals surface area contributed by atoms with Crippen molar-refractivity contribution in [2.24, 2.45) is 0 Å². The second-order valence-electron chi connectivity index (χ2n) is 8.12. The molecule has 6 heteroatoms. The number of ketones is 1. The second-order valence-corrected chi connectivity index (χ2v) is 8.12. The first-order valence-electron chi connectivity index (χ1n) is 10.7. The highest BCUT2D eigenvalue weighted by atomic mass is 19.1. The summed E-state index contributed by atoms with van der Waals surface area (Å²) in [6.45, 7) is 9.00. The Balaban J connectivity index is 1.58. The predicted octanol–water partition coefficient (Wildman–Crippen LogP) is 5.14. The fourth-order valence-corrected chi connectivity index (χ4v) is 3.68. The van der Waals surface area contributed by atoms with Crippen LogP contribution in [0.1, 0.15) is 58.4 Å². The summed E-state index contributed by atoms with van der Waals surface area (Å²) in [7, 11) is 0. The van der Waals surface area contributed by atoms with E-state index in [0.29, 0.717) is 31.1 Å². The molecule has 2 aromatic rings. The predicted molar refractivity (Wildman–Crippen MR) is 116 cm³/mol. The summed E-state index contributed by atoms with van der Waals surface area (Å²) in [5, 5.41) is 0. The Morgan fingerprint density at radius 1 is 1.23 bits per heavy atom. The lowest BCUT2D eigenvalue weighted by molar-refractivity contribution is -0.120. The topological polar surface area (TPSA) is 51.7 Å². The molecular weight excluding hydrogens is 383 g/mol. The average molecular weight is 415 g/mol. The number of carbonyl (C=O) groups excluding carboxylic acids is 1. The monoisotopic (exact) mass is 414 g/mol. The molecule has 1 saturated heterocycles. The SMILES string of the molecule is CCCC(=O)C(C)c1ccc(O[C@@H]2CCN(c3ncc(OC(C)C)cc3F)C2)cc1. The molecular formula is C24H31FN2O3. The fraction of sp³-hybridized carbons (Fsp3) is 0.500. The van der Waals surface area contributed by atoms with E-state index in [9.17, 15) is 9.18 Å². The van der Waals surface area contributed by atoms with Gasteiger partial charge in [-0.3, -0.25) is 4.79 Å². The Bertz CT molecular complexity index is 854. The van der Waals surface area contributed by atoms with E-state index in [1.807, 2.05) is 56.9 Å². The fourth-order valence-electron chi connectivity index (χ4n) is 3.68. The summed E-state index contributed by atoms with van der Waals surface area (Å²) >= 11 is 0. The number of pyridine rings is 1. The molecule has 0 radical (unpaired) electrons. The molecule has 5 nitrogen and oxygen atoms in total. The maximum Gasteiger partial charge on any atom is 0.169 e. The molecule has 1 aromatic carbocycles. The van der Waals surface area contributed by atoms with Gasteiger partial charge in [-0.05, 0) is 38.0 Å². The minimum atomic E-state index is -0.385. The molecule has 162 valence electrons. The van der Waals surface area contributed by atoms with Crippen molar-refractivity contribution >= 4 is 11.6 Å². The van der Waals surface area contributed by atoms with Gasteiger partial charge in [0.15, 0.2) is 11.6 Å². The molecule has 1 aliphatic rings. The van der Waals surface area contributed by atoms with E-state index in [0.717, 1.165) is 24.2 Å². The van der Waals surface area contributed by atoms with Crippen molar-refractivity contribution in [3.63, 3.8) is 0 Å². The lowest BCUT2D eigenvalue weighted by atomic mass is 9.94. The van der Waals surface area contributed by atoms with Crippen LogP contribution < -0.4 is 14.4 Å². The number of hydrogen-bond acceptors (Lipinski definition) is 5. The number of Topliss-reactive ketones (excluding diaryl/α,β-unsaturated/α-hetero) is 1. The lowest BCUT2D eigenvalue weighted by Gasteiger charge is -2.19. The van der Waals surface area contributed by atoms with Crippen molar-refractivity contribution in [3.8, 4) is 11.5 Å². The van der Waals surface area contributed by atoms with Gasteiger partial charge >= 0.3 is 0 Å². The standard InChI is InChI=1S/C24H31FN2O3/c1-5-6-23(28)17(4)18-7-9-19(10-8-18)30-20-11-12-27(15-20)24-22(25)13-21(14-26-24)29-16(2)3/h7-10,13-14,16-17,20H,5-6,11-12,15H2,1-4H3/t17?,20-/m1/s1. The van der Waals surface area contributed by atoms with Gasteiger partial charge in [0.2, 0.25) is 0 Å². The number of ether oxygens (including phenoxy) is 2. The van der Waals surface area contributed by atoms with Gasteiger partial charge in [-0.2, -0.15) is 0 Å². The first kappa shape index (κ1) is 22.1. The van der Waals surface area contributed by atoms with E-state index >= 15 is 0 Å². The van der Waals surface area contributed by atoms with Gasteiger partial charge in [-0.1, -0.05) is 26.0 Å². The number of aromatic nitrogens is 1. The van der Waals surface area contributed by atoms with E-state index < -0.39 is 0 Å². The maximum atomic E-state index is 14.5. The van der Waals surface area contributed by atoms with E-state index in [1.54, 1.807) is 6.20 Å². The zero-order chi connectivity index (χ0) is 21.7. The van der Waals surface area contributed by atoms with E-state index in [1.165, 1.54) is 6.07 Å². The molecule has 0 bridgehead atoms. The molecule has 1 aliphatic heterocycles. The first-order chi connectivity index (χ1) is 14.4. The summed E-state index contributed by atoms with van der Waals surface area (Å²) in [5.74, 6) is 1.30. The maximum absolute atomic E-state index is 14.5. The molecule has 1 fully saturated rings. The number of nitrogens with zero attached hydrogens (tertiary/aromatic N) is 2. The van der Waals surface area contributed by atoms with Crippen LogP contribution in [-0.2, 0) is 4.79 Å². The van der Waals surface area contributed by atoms with Crippen LogP contribution in [0.25, 0.3) is 0 Å². The summed E-state index contributed by atoms with van der Waals surface area (Å²) in [6, 6.07) is 9.11. The van der Waals surface area contributed by atoms with Crippen molar-refractivity contribution in [1.82, 2.24) is 4.98 Å². The Labute approximate surface area is 178 Å². The van der Waals surface area contributed by atoms with E-state index in [4.69, 9.17) is 9.47 Å². The molecule has 30 heavy (non-hydrogen) atoms. The Morgan fingerprint density at radius 3 is 2.60 bits per heavy atom. The Kier molecular flexibility index (Phi) is 7.29. The minimum Gasteiger partial charge on any atom is -0.489 e. The number of anilines is 1. The third-order valence-electron chi connectivity index (χ3n) is 5.28. The van der Waals surface area contributed by atoms with Gasteiger partial charge in [0, 0.05) is 31.4 Å². The van der Waals surface area contributed by atoms with Crippen molar-refractivity contribution < 1.29 is 18.7 Å². The quantitative estimate of drug-likeness (QED) is 0.569. The van der Waals surface area contributed by atoms with Crippen LogP contribution in [0, 0.1) is 5.82 Å². The van der Waals surface area contributed by atoms with E-state index in [-0.39, 0.29) is 29.7 Å². The van der Waals surface area contributed by atoms with Gasteiger partial charge < -0.3 is 14.4 Å². The van der Waals surface area contributed by atoms with Crippen LogP contribution in [-0.4, -0.2) is 36.1 Å². The van der Waals surface area contributed by atoms with Crippen molar-refractivity contribution in [3.05, 3.63) is 47.9 Å². The van der Waals surface area contributed by atoms with Gasteiger partial charge in [-0.15, -0.1) is 0 Å². The highest BCUT2D eigenvalue weighted by molar-refractivity contribution is 5.85. The van der Waals surface area contributed by atoms with Crippen LogP contribution in [0.15, 0.2) is 36.5 Å². The number of benzene rings is 1. The van der Waals surface area contributed by atoms with Crippen LogP contribution in [0.3, 0.4) is 0 Å². The number of rotatable bonds is 9. The molecule has 1 unspecified atom stereocenters. The second kappa shape index (κ2) is 9.92. The van der Waals surface area contributed by atoms with Crippen LogP contribution >= 0.6 is 0 Å². The largest absolute Gasteiger partial charge is 0.489 e. The third-order valence-corrected chi connectivity index (χ3v) is 5.28. The molecule has 1 aromatic heterocycles. The molecule has 3 rings (SSSR count). The van der Waals surface area contributed by atoms with Crippen molar-refractivity contribution in [1.29, 1.82) is 0 Å². The minimum absolute atomic E-state index is 0.0271. The van der Waals surface area contributed by atoms with Crippen molar-refractivity contribution in [2.75, 3.05) is 18.0 Å². The highest BCUT2D eigenvalue weighted by Crippen LogP contribution is 2.27. The molecule has 0 spiro atoms. The molecule has 0 aliphatic carbocycles. The normalized spacial score (nSPS) is 17.3. The Morgan fingerprint density at radius 2 is 1.97 bits per heavy atom. The zero-order valence-corrected chi connectivity index (χ0v) is 18.2.